The van der Waals surface area contributed by atoms with Gasteiger partial charge in [0.1, 0.15) is 0 Å². The summed E-state index contributed by atoms with van der Waals surface area (Å²) in [6.07, 6.45) is 1.66. The molecule has 0 aliphatic rings. The third kappa shape index (κ3) is 2.79. The molecule has 0 saturated heterocycles. The number of halogens is 1. The molecule has 4 heteroatoms. The standard InChI is InChI=1S/C8H5ClN2S.C2H6/c9-8-10-3-1-7(11-8)6-2-4-12-5-6;1-2/h1-5H;1-2H3. The summed E-state index contributed by atoms with van der Waals surface area (Å²) in [7, 11) is 0. The smallest absolute Gasteiger partial charge is 0.222 e. The van der Waals surface area contributed by atoms with Crippen molar-refractivity contribution in [3.05, 3.63) is 34.4 Å². The number of hydrogen-bond donors (Lipinski definition) is 0. The lowest BCUT2D eigenvalue weighted by molar-refractivity contribution is 1.17. The third-order valence-corrected chi connectivity index (χ3v) is 2.31. The highest BCUT2D eigenvalue weighted by atomic mass is 35.5. The molecule has 2 rings (SSSR count). The minimum absolute atomic E-state index is 0.290. The molecule has 2 aromatic heterocycles. The summed E-state index contributed by atoms with van der Waals surface area (Å²) in [6, 6.07) is 3.84. The van der Waals surface area contributed by atoms with Crippen molar-refractivity contribution in [3.63, 3.8) is 0 Å². The first-order valence-electron chi connectivity index (χ1n) is 4.37. The SMILES string of the molecule is CC.Clc1nccc(-c2ccsc2)n1. The monoisotopic (exact) mass is 226 g/mol. The van der Waals surface area contributed by atoms with E-state index in [9.17, 15) is 0 Å². The molecule has 0 N–H and O–H groups in total. The Labute approximate surface area is 92.6 Å². The van der Waals surface area contributed by atoms with E-state index in [0.717, 1.165) is 11.3 Å². The van der Waals surface area contributed by atoms with Gasteiger partial charge in [0.05, 0.1) is 5.69 Å². The lowest BCUT2D eigenvalue weighted by Gasteiger charge is -1.94. The maximum absolute atomic E-state index is 5.64. The van der Waals surface area contributed by atoms with Crippen LogP contribution in [0.5, 0.6) is 0 Å². The second-order valence-electron chi connectivity index (χ2n) is 2.22. The van der Waals surface area contributed by atoms with E-state index in [4.69, 9.17) is 11.6 Å². The van der Waals surface area contributed by atoms with Crippen LogP contribution < -0.4 is 0 Å². The molecule has 0 fully saturated rings. The summed E-state index contributed by atoms with van der Waals surface area (Å²) in [5.41, 5.74) is 1.96. The van der Waals surface area contributed by atoms with Gasteiger partial charge in [-0.15, -0.1) is 0 Å². The first kappa shape index (κ1) is 11.1. The molecule has 0 bridgehead atoms. The highest BCUT2D eigenvalue weighted by molar-refractivity contribution is 7.08. The van der Waals surface area contributed by atoms with Crippen LogP contribution in [-0.4, -0.2) is 9.97 Å². The zero-order valence-corrected chi connectivity index (χ0v) is 9.64. The van der Waals surface area contributed by atoms with Crippen LogP contribution in [0.1, 0.15) is 13.8 Å². The van der Waals surface area contributed by atoms with Gasteiger partial charge < -0.3 is 0 Å². The van der Waals surface area contributed by atoms with E-state index in [1.165, 1.54) is 0 Å². The van der Waals surface area contributed by atoms with Crippen LogP contribution in [0.4, 0.5) is 0 Å². The Morgan fingerprint density at radius 3 is 2.64 bits per heavy atom. The average molecular weight is 227 g/mol. The Morgan fingerprint density at radius 2 is 2.07 bits per heavy atom. The molecule has 0 unspecified atom stereocenters. The second-order valence-corrected chi connectivity index (χ2v) is 3.34. The van der Waals surface area contributed by atoms with Crippen molar-refractivity contribution in [1.29, 1.82) is 0 Å². The molecular formula is C10H11ClN2S. The van der Waals surface area contributed by atoms with E-state index in [0.29, 0.717) is 5.28 Å². The molecule has 0 atom stereocenters. The van der Waals surface area contributed by atoms with Gasteiger partial charge in [-0.05, 0) is 29.1 Å². The van der Waals surface area contributed by atoms with Crippen LogP contribution in [0.3, 0.4) is 0 Å². The average Bonchev–Trinajstić information content (AvgIpc) is 2.74. The lowest BCUT2D eigenvalue weighted by Crippen LogP contribution is -1.83. The Kier molecular flexibility index (Phi) is 4.56. The van der Waals surface area contributed by atoms with Gasteiger partial charge in [-0.25, -0.2) is 9.97 Å². The lowest BCUT2D eigenvalue weighted by atomic mass is 10.2. The minimum Gasteiger partial charge on any atom is -0.226 e. The molecule has 0 amide bonds. The topological polar surface area (TPSA) is 25.8 Å². The van der Waals surface area contributed by atoms with Gasteiger partial charge in [0.2, 0.25) is 5.28 Å². The molecule has 14 heavy (non-hydrogen) atoms. The van der Waals surface area contributed by atoms with Crippen molar-refractivity contribution < 1.29 is 0 Å². The van der Waals surface area contributed by atoms with Crippen molar-refractivity contribution >= 4 is 22.9 Å². The first-order chi connectivity index (χ1) is 6.86. The molecular weight excluding hydrogens is 216 g/mol. The molecule has 0 saturated carbocycles. The number of thiophene rings is 1. The van der Waals surface area contributed by atoms with Crippen molar-refractivity contribution in [3.8, 4) is 11.3 Å². The van der Waals surface area contributed by atoms with Gasteiger partial charge in [-0.2, -0.15) is 11.3 Å². The van der Waals surface area contributed by atoms with Crippen LogP contribution in [0.25, 0.3) is 11.3 Å². The molecule has 0 aliphatic carbocycles. The fourth-order valence-electron chi connectivity index (χ4n) is 0.906. The van der Waals surface area contributed by atoms with Crippen LogP contribution in [0, 0.1) is 0 Å². The Morgan fingerprint density at radius 1 is 1.29 bits per heavy atom. The minimum atomic E-state index is 0.290. The largest absolute Gasteiger partial charge is 0.226 e. The van der Waals surface area contributed by atoms with Crippen molar-refractivity contribution in [2.75, 3.05) is 0 Å². The van der Waals surface area contributed by atoms with Crippen LogP contribution in [-0.2, 0) is 0 Å². The highest BCUT2D eigenvalue weighted by Crippen LogP contribution is 2.19. The van der Waals surface area contributed by atoms with Gasteiger partial charge in [0, 0.05) is 17.1 Å². The molecule has 0 aromatic carbocycles. The van der Waals surface area contributed by atoms with E-state index in [2.05, 4.69) is 9.97 Å². The number of nitrogens with zero attached hydrogens (tertiary/aromatic N) is 2. The van der Waals surface area contributed by atoms with E-state index in [-0.39, 0.29) is 0 Å². The summed E-state index contributed by atoms with van der Waals surface area (Å²) < 4.78 is 0. The van der Waals surface area contributed by atoms with Crippen molar-refractivity contribution in [1.82, 2.24) is 9.97 Å². The summed E-state index contributed by atoms with van der Waals surface area (Å²) >= 11 is 7.28. The Bertz CT molecular complexity index is 373. The van der Waals surface area contributed by atoms with E-state index in [1.807, 2.05) is 36.7 Å². The van der Waals surface area contributed by atoms with Crippen LogP contribution in [0.2, 0.25) is 5.28 Å². The van der Waals surface area contributed by atoms with Gasteiger partial charge in [0.25, 0.3) is 0 Å². The molecule has 0 radical (unpaired) electrons. The van der Waals surface area contributed by atoms with Crippen molar-refractivity contribution in [2.24, 2.45) is 0 Å². The summed E-state index contributed by atoms with van der Waals surface area (Å²) in [4.78, 5) is 7.88. The number of rotatable bonds is 1. The summed E-state index contributed by atoms with van der Waals surface area (Å²) in [5, 5.41) is 4.32. The first-order valence-corrected chi connectivity index (χ1v) is 5.69. The number of hydrogen-bond acceptors (Lipinski definition) is 3. The second kappa shape index (κ2) is 5.73. The van der Waals surface area contributed by atoms with Crippen molar-refractivity contribution in [2.45, 2.75) is 13.8 Å². The molecule has 0 spiro atoms. The Balaban J connectivity index is 0.000000461. The fraction of sp³-hybridized carbons (Fsp3) is 0.200. The maximum atomic E-state index is 5.64. The zero-order chi connectivity index (χ0) is 10.4. The molecule has 2 heterocycles. The normalized spacial score (nSPS) is 9.07. The molecule has 2 aromatic rings. The predicted octanol–water partition coefficient (Wildman–Crippen LogP) is 3.88. The van der Waals surface area contributed by atoms with Gasteiger partial charge >= 0.3 is 0 Å². The van der Waals surface area contributed by atoms with Crippen LogP contribution >= 0.6 is 22.9 Å². The van der Waals surface area contributed by atoms with Gasteiger partial charge in [-0.1, -0.05) is 13.8 Å². The van der Waals surface area contributed by atoms with Gasteiger partial charge in [-0.3, -0.25) is 0 Å². The summed E-state index contributed by atoms with van der Waals surface area (Å²) in [6.45, 7) is 4.00. The maximum Gasteiger partial charge on any atom is 0.222 e. The third-order valence-electron chi connectivity index (χ3n) is 1.44. The highest BCUT2D eigenvalue weighted by Gasteiger charge is 1.99. The summed E-state index contributed by atoms with van der Waals surface area (Å²) in [5.74, 6) is 0. The molecule has 74 valence electrons. The van der Waals surface area contributed by atoms with Gasteiger partial charge in [0.15, 0.2) is 0 Å². The van der Waals surface area contributed by atoms with E-state index < -0.39 is 0 Å². The Hall–Kier alpha value is -0.930. The zero-order valence-electron chi connectivity index (χ0n) is 8.07. The molecule has 0 aliphatic heterocycles. The van der Waals surface area contributed by atoms with E-state index >= 15 is 0 Å². The molecule has 2 nitrogen and oxygen atoms in total. The van der Waals surface area contributed by atoms with Crippen LogP contribution in [0.15, 0.2) is 29.1 Å². The fourth-order valence-corrected chi connectivity index (χ4v) is 1.70. The predicted molar refractivity (Wildman–Crippen MR) is 61.7 cm³/mol. The quantitative estimate of drug-likeness (QED) is 0.690. The number of aromatic nitrogens is 2. The van der Waals surface area contributed by atoms with E-state index in [1.54, 1.807) is 17.5 Å².